The van der Waals surface area contributed by atoms with E-state index in [1.807, 2.05) is 30.5 Å². The third-order valence-electron chi connectivity index (χ3n) is 3.44. The number of hydrogen-bond donors (Lipinski definition) is 2. The number of aryl methyl sites for hydroxylation is 1. The molecule has 0 amide bonds. The molecule has 0 atom stereocenters. The number of nitrogens with zero attached hydrogens (tertiary/aromatic N) is 2. The van der Waals surface area contributed by atoms with E-state index in [-0.39, 0.29) is 5.56 Å². The Kier molecular flexibility index (Phi) is 4.34. The van der Waals surface area contributed by atoms with Crippen LogP contribution in [0.1, 0.15) is 22.8 Å². The van der Waals surface area contributed by atoms with E-state index in [9.17, 15) is 4.79 Å². The normalized spacial score (nSPS) is 10.5. The zero-order valence-corrected chi connectivity index (χ0v) is 13.3. The summed E-state index contributed by atoms with van der Waals surface area (Å²) in [5.41, 5.74) is 3.88. The molecule has 0 spiro atoms. The SMILES string of the molecule is CCc1ccc(C(=O)O)cc1Nc1nc(-c2cccnc2)cs1. The second-order valence-corrected chi connectivity index (χ2v) is 5.79. The van der Waals surface area contributed by atoms with E-state index in [0.717, 1.165) is 34.1 Å². The molecule has 0 aliphatic heterocycles. The lowest BCUT2D eigenvalue weighted by molar-refractivity contribution is 0.0697. The molecule has 2 heterocycles. The molecule has 116 valence electrons. The van der Waals surface area contributed by atoms with Gasteiger partial charge < -0.3 is 10.4 Å². The molecule has 0 saturated carbocycles. The smallest absolute Gasteiger partial charge is 0.335 e. The third kappa shape index (κ3) is 3.37. The molecule has 3 rings (SSSR count). The van der Waals surface area contributed by atoms with Crippen molar-refractivity contribution in [3.05, 3.63) is 59.2 Å². The Bertz CT molecular complexity index is 831. The molecule has 1 aromatic carbocycles. The van der Waals surface area contributed by atoms with Crippen LogP contribution in [0.25, 0.3) is 11.3 Å². The van der Waals surface area contributed by atoms with Gasteiger partial charge in [0, 0.05) is 29.0 Å². The van der Waals surface area contributed by atoms with Gasteiger partial charge in [-0.3, -0.25) is 4.98 Å². The number of benzene rings is 1. The number of carbonyl (C=O) groups is 1. The molecule has 0 unspecified atom stereocenters. The van der Waals surface area contributed by atoms with Gasteiger partial charge in [0.25, 0.3) is 0 Å². The number of aromatic carboxylic acids is 1. The van der Waals surface area contributed by atoms with E-state index in [0.29, 0.717) is 0 Å². The Morgan fingerprint density at radius 2 is 2.22 bits per heavy atom. The van der Waals surface area contributed by atoms with Crippen LogP contribution in [0.5, 0.6) is 0 Å². The number of rotatable bonds is 5. The number of anilines is 2. The van der Waals surface area contributed by atoms with Gasteiger partial charge in [0.05, 0.1) is 11.3 Å². The molecule has 0 saturated heterocycles. The summed E-state index contributed by atoms with van der Waals surface area (Å²) < 4.78 is 0. The van der Waals surface area contributed by atoms with Gasteiger partial charge in [0.1, 0.15) is 0 Å². The quantitative estimate of drug-likeness (QED) is 0.735. The maximum Gasteiger partial charge on any atom is 0.335 e. The van der Waals surface area contributed by atoms with E-state index < -0.39 is 5.97 Å². The van der Waals surface area contributed by atoms with Crippen LogP contribution >= 0.6 is 11.3 Å². The summed E-state index contributed by atoms with van der Waals surface area (Å²) in [6.07, 6.45) is 4.30. The molecular formula is C17H15N3O2S. The Labute approximate surface area is 137 Å². The van der Waals surface area contributed by atoms with Crippen molar-refractivity contribution in [1.29, 1.82) is 0 Å². The zero-order chi connectivity index (χ0) is 16.2. The molecule has 0 aliphatic carbocycles. The summed E-state index contributed by atoms with van der Waals surface area (Å²) in [6.45, 7) is 2.03. The lowest BCUT2D eigenvalue weighted by Crippen LogP contribution is -2.01. The maximum atomic E-state index is 11.1. The van der Waals surface area contributed by atoms with Crippen molar-refractivity contribution in [2.75, 3.05) is 5.32 Å². The molecule has 2 N–H and O–H groups in total. The van der Waals surface area contributed by atoms with Crippen molar-refractivity contribution in [3.8, 4) is 11.3 Å². The van der Waals surface area contributed by atoms with E-state index in [1.165, 1.54) is 11.3 Å². The lowest BCUT2D eigenvalue weighted by Gasteiger charge is -2.09. The number of carboxylic acids is 1. The summed E-state index contributed by atoms with van der Waals surface area (Å²) >= 11 is 1.48. The first-order valence-corrected chi connectivity index (χ1v) is 8.04. The van der Waals surface area contributed by atoms with Gasteiger partial charge >= 0.3 is 5.97 Å². The molecule has 0 bridgehead atoms. The van der Waals surface area contributed by atoms with Gasteiger partial charge in [-0.25, -0.2) is 9.78 Å². The average molecular weight is 325 g/mol. The minimum Gasteiger partial charge on any atom is -0.478 e. The molecular weight excluding hydrogens is 310 g/mol. The molecule has 0 radical (unpaired) electrons. The highest BCUT2D eigenvalue weighted by atomic mass is 32.1. The second-order valence-electron chi connectivity index (χ2n) is 4.94. The summed E-state index contributed by atoms with van der Waals surface area (Å²) in [7, 11) is 0. The Morgan fingerprint density at radius 1 is 1.35 bits per heavy atom. The minimum absolute atomic E-state index is 0.258. The van der Waals surface area contributed by atoms with E-state index in [4.69, 9.17) is 5.11 Å². The molecule has 0 aliphatic rings. The molecule has 0 fully saturated rings. The van der Waals surface area contributed by atoms with Crippen molar-refractivity contribution >= 4 is 28.1 Å². The summed E-state index contributed by atoms with van der Waals surface area (Å²) in [4.78, 5) is 19.8. The second kappa shape index (κ2) is 6.58. The highest BCUT2D eigenvalue weighted by Gasteiger charge is 2.10. The van der Waals surface area contributed by atoms with Gasteiger partial charge in [0.2, 0.25) is 0 Å². The molecule has 3 aromatic rings. The molecule has 5 nitrogen and oxygen atoms in total. The van der Waals surface area contributed by atoms with E-state index in [2.05, 4.69) is 15.3 Å². The molecule has 2 aromatic heterocycles. The summed E-state index contributed by atoms with van der Waals surface area (Å²) in [6, 6.07) is 8.92. The first-order chi connectivity index (χ1) is 11.2. The van der Waals surface area contributed by atoms with Crippen LogP contribution in [-0.4, -0.2) is 21.0 Å². The topological polar surface area (TPSA) is 75.1 Å². The number of nitrogens with one attached hydrogen (secondary N) is 1. The van der Waals surface area contributed by atoms with Crippen molar-refractivity contribution in [2.24, 2.45) is 0 Å². The van der Waals surface area contributed by atoms with Gasteiger partial charge in [-0.15, -0.1) is 11.3 Å². The number of thiazole rings is 1. The fraction of sp³-hybridized carbons (Fsp3) is 0.118. The largest absolute Gasteiger partial charge is 0.478 e. The monoisotopic (exact) mass is 325 g/mol. The van der Waals surface area contributed by atoms with Gasteiger partial charge in [0.15, 0.2) is 5.13 Å². The van der Waals surface area contributed by atoms with Crippen LogP contribution < -0.4 is 5.32 Å². The van der Waals surface area contributed by atoms with Crippen LogP contribution in [0.4, 0.5) is 10.8 Å². The van der Waals surface area contributed by atoms with Crippen LogP contribution in [0.15, 0.2) is 48.1 Å². The van der Waals surface area contributed by atoms with E-state index in [1.54, 1.807) is 24.5 Å². The fourth-order valence-electron chi connectivity index (χ4n) is 2.23. The number of carboxylic acid groups (broad SMARTS) is 1. The van der Waals surface area contributed by atoms with Crippen molar-refractivity contribution < 1.29 is 9.90 Å². The average Bonchev–Trinajstić information content (AvgIpc) is 3.04. The predicted octanol–water partition coefficient (Wildman–Crippen LogP) is 4.21. The van der Waals surface area contributed by atoms with E-state index >= 15 is 0 Å². The summed E-state index contributed by atoms with van der Waals surface area (Å²) in [5.74, 6) is -0.939. The number of aromatic nitrogens is 2. The van der Waals surface area contributed by atoms with Crippen LogP contribution in [0, 0.1) is 0 Å². The fourth-order valence-corrected chi connectivity index (χ4v) is 2.96. The Balaban J connectivity index is 1.89. The van der Waals surface area contributed by atoms with Crippen molar-refractivity contribution in [3.63, 3.8) is 0 Å². The van der Waals surface area contributed by atoms with Crippen LogP contribution in [0.2, 0.25) is 0 Å². The van der Waals surface area contributed by atoms with Crippen LogP contribution in [-0.2, 0) is 6.42 Å². The molecule has 23 heavy (non-hydrogen) atoms. The van der Waals surface area contributed by atoms with Gasteiger partial charge in [-0.2, -0.15) is 0 Å². The standard InChI is InChI=1S/C17H15N3O2S/c1-2-11-5-6-12(16(21)22)8-14(11)19-17-20-15(10-23-17)13-4-3-7-18-9-13/h3-10H,2H2,1H3,(H,19,20)(H,21,22). The van der Waals surface area contributed by atoms with Gasteiger partial charge in [-0.1, -0.05) is 13.0 Å². The van der Waals surface area contributed by atoms with Gasteiger partial charge in [-0.05, 0) is 36.2 Å². The Hall–Kier alpha value is -2.73. The minimum atomic E-state index is -0.939. The summed E-state index contributed by atoms with van der Waals surface area (Å²) in [5, 5.41) is 15.1. The highest BCUT2D eigenvalue weighted by molar-refractivity contribution is 7.14. The lowest BCUT2D eigenvalue weighted by atomic mass is 10.1. The number of pyridine rings is 1. The number of hydrogen-bond acceptors (Lipinski definition) is 5. The molecule has 6 heteroatoms. The maximum absolute atomic E-state index is 11.1. The van der Waals surface area contributed by atoms with Crippen molar-refractivity contribution in [2.45, 2.75) is 13.3 Å². The first kappa shape index (κ1) is 15.2. The van der Waals surface area contributed by atoms with Crippen LogP contribution in [0.3, 0.4) is 0 Å². The zero-order valence-electron chi connectivity index (χ0n) is 12.5. The first-order valence-electron chi connectivity index (χ1n) is 7.16. The predicted molar refractivity (Wildman–Crippen MR) is 91.4 cm³/mol. The van der Waals surface area contributed by atoms with Crippen molar-refractivity contribution in [1.82, 2.24) is 9.97 Å². The Morgan fingerprint density at radius 3 is 2.91 bits per heavy atom. The highest BCUT2D eigenvalue weighted by Crippen LogP contribution is 2.28. The third-order valence-corrected chi connectivity index (χ3v) is 4.20.